The largest absolute Gasteiger partial charge is 0.393 e. The summed E-state index contributed by atoms with van der Waals surface area (Å²) in [6.07, 6.45) is 6.29. The fourth-order valence-corrected chi connectivity index (χ4v) is 5.94. The summed E-state index contributed by atoms with van der Waals surface area (Å²) >= 11 is 0. The van der Waals surface area contributed by atoms with Crippen molar-refractivity contribution in [3.63, 3.8) is 0 Å². The smallest absolute Gasteiger partial charge is 0.315 e. The summed E-state index contributed by atoms with van der Waals surface area (Å²) in [5.74, 6) is -3.41. The van der Waals surface area contributed by atoms with Gasteiger partial charge in [0.2, 0.25) is 5.69 Å². The maximum absolute atomic E-state index is 13.7. The zero-order chi connectivity index (χ0) is 28.2. The fraction of sp³-hybridized carbons (Fsp3) is 0.462. The summed E-state index contributed by atoms with van der Waals surface area (Å²) < 4.78 is 53.9. The Morgan fingerprint density at radius 1 is 1.13 bits per heavy atom. The van der Waals surface area contributed by atoms with Crippen LogP contribution in [0.25, 0.3) is 0 Å². The van der Waals surface area contributed by atoms with Crippen molar-refractivity contribution < 1.29 is 31.5 Å². The predicted octanol–water partition coefficient (Wildman–Crippen LogP) is 4.36. The number of nitrogens with one attached hydrogen (secondary N) is 1. The molecule has 0 aromatic heterocycles. The van der Waals surface area contributed by atoms with Crippen LogP contribution in [0.2, 0.25) is 0 Å². The number of carbonyl (C=O) groups excluding carboxylic acids is 1. The molecule has 0 bridgehead atoms. The van der Waals surface area contributed by atoms with E-state index in [0.29, 0.717) is 17.6 Å². The van der Waals surface area contributed by atoms with Crippen LogP contribution in [-0.2, 0) is 9.84 Å². The highest BCUT2D eigenvalue weighted by molar-refractivity contribution is 7.90. The molecule has 3 aliphatic rings. The number of benzene rings is 2. The maximum atomic E-state index is 13.7. The Hall–Kier alpha value is -3.61. The second kappa shape index (κ2) is 9.54. The van der Waals surface area contributed by atoms with E-state index in [4.69, 9.17) is 5.73 Å². The first-order valence-corrected chi connectivity index (χ1v) is 14.6. The van der Waals surface area contributed by atoms with Gasteiger partial charge in [-0.05, 0) is 42.5 Å². The molecule has 0 unspecified atom stereocenters. The third-order valence-corrected chi connectivity index (χ3v) is 9.04. The number of nitro benzene ring substituents is 1. The van der Waals surface area contributed by atoms with Crippen LogP contribution in [0.1, 0.15) is 48.9 Å². The van der Waals surface area contributed by atoms with Crippen LogP contribution in [0, 0.1) is 15.5 Å². The molecule has 0 radical (unpaired) electrons. The number of rotatable bonds is 6. The van der Waals surface area contributed by atoms with E-state index in [-0.39, 0.29) is 40.6 Å². The molecule has 2 aromatic carbocycles. The lowest BCUT2D eigenvalue weighted by Gasteiger charge is -2.33. The van der Waals surface area contributed by atoms with Gasteiger partial charge in [-0.2, -0.15) is 0 Å². The quantitative estimate of drug-likeness (QED) is 0.231. The number of nitrogens with zero attached hydrogens (tertiary/aromatic N) is 3. The van der Waals surface area contributed by atoms with Crippen LogP contribution in [0.4, 0.5) is 37.2 Å². The van der Waals surface area contributed by atoms with E-state index in [9.17, 15) is 32.1 Å². The number of nitrogens with two attached hydrogens (primary N) is 1. The molecule has 1 spiro atoms. The van der Waals surface area contributed by atoms with E-state index in [0.717, 1.165) is 31.9 Å². The lowest BCUT2D eigenvalue weighted by molar-refractivity contribution is -0.445. The average molecular weight is 563 g/mol. The minimum Gasteiger partial charge on any atom is -0.393 e. The minimum atomic E-state index is -3.53. The number of hydrogen-bond acceptors (Lipinski definition) is 7. The first-order valence-electron chi connectivity index (χ1n) is 12.7. The predicted molar refractivity (Wildman–Crippen MR) is 143 cm³/mol. The summed E-state index contributed by atoms with van der Waals surface area (Å²) in [6, 6.07) is 6.91. The van der Waals surface area contributed by atoms with Crippen molar-refractivity contribution in [3.8, 4) is 0 Å². The Balaban J connectivity index is 1.49. The molecule has 1 saturated carbocycles. The highest BCUT2D eigenvalue weighted by atomic mass is 32.2. The van der Waals surface area contributed by atoms with Crippen molar-refractivity contribution >= 4 is 50.4 Å². The second-order valence-electron chi connectivity index (χ2n) is 10.8. The van der Waals surface area contributed by atoms with Gasteiger partial charge in [-0.15, -0.1) is 0 Å². The number of nitrogen functional groups attached to an aromatic ring is 1. The lowest BCUT2D eigenvalue weighted by Crippen LogP contribution is -2.39. The molecular weight excluding hydrogens is 532 g/mol. The first-order chi connectivity index (χ1) is 18.3. The summed E-state index contributed by atoms with van der Waals surface area (Å²) in [6.45, 7) is 0.434. The number of nitro groups is 1. The number of sulfone groups is 1. The topological polar surface area (TPSA) is 139 Å². The number of halogens is 2. The van der Waals surface area contributed by atoms with Crippen LogP contribution in [0.15, 0.2) is 35.2 Å². The third kappa shape index (κ3) is 5.58. The SMILES string of the molecule is CS(=O)(=O)c1ccc(C(=O)Nc2cc(N)c([N+](=O)[O-])c(N3CCC(F)(F)CC3)c2)c([N+]2=CCC3(CC2)CC3)c1. The summed E-state index contributed by atoms with van der Waals surface area (Å²) in [5.41, 5.74) is 6.57. The molecule has 208 valence electrons. The first kappa shape index (κ1) is 27.0. The van der Waals surface area contributed by atoms with Crippen molar-refractivity contribution in [1.29, 1.82) is 0 Å². The van der Waals surface area contributed by atoms with Gasteiger partial charge in [0.15, 0.2) is 9.84 Å². The number of hydrogen-bond donors (Lipinski definition) is 2. The Kier molecular flexibility index (Phi) is 6.60. The van der Waals surface area contributed by atoms with Crippen LogP contribution in [0.3, 0.4) is 0 Å². The van der Waals surface area contributed by atoms with E-state index < -0.39 is 45.1 Å². The molecule has 3 N–H and O–H groups in total. The molecule has 5 rings (SSSR count). The van der Waals surface area contributed by atoms with Crippen molar-refractivity contribution in [2.75, 3.05) is 41.8 Å². The molecule has 39 heavy (non-hydrogen) atoms. The monoisotopic (exact) mass is 562 g/mol. The number of alkyl halides is 2. The molecular formula is C26H30F2N5O5S+. The number of carbonyl (C=O) groups is 1. The highest BCUT2D eigenvalue weighted by Crippen LogP contribution is 2.52. The Morgan fingerprint density at radius 2 is 1.82 bits per heavy atom. The molecule has 1 saturated heterocycles. The molecule has 13 heteroatoms. The van der Waals surface area contributed by atoms with Crippen molar-refractivity contribution in [2.24, 2.45) is 5.41 Å². The number of piperidine rings is 1. The van der Waals surface area contributed by atoms with Gasteiger partial charge in [-0.1, -0.05) is 0 Å². The third-order valence-electron chi connectivity index (χ3n) is 7.93. The molecule has 2 fully saturated rings. The van der Waals surface area contributed by atoms with Gasteiger partial charge in [0.05, 0.1) is 9.82 Å². The van der Waals surface area contributed by atoms with Crippen LogP contribution in [0.5, 0.6) is 0 Å². The van der Waals surface area contributed by atoms with E-state index in [1.807, 2.05) is 10.8 Å². The Labute approximate surface area is 224 Å². The van der Waals surface area contributed by atoms with Gasteiger partial charge in [-0.3, -0.25) is 14.9 Å². The zero-order valence-corrected chi connectivity index (χ0v) is 22.3. The summed E-state index contributed by atoms with van der Waals surface area (Å²) in [5, 5.41) is 14.5. The number of anilines is 3. The Morgan fingerprint density at radius 3 is 2.38 bits per heavy atom. The van der Waals surface area contributed by atoms with Gasteiger partial charge in [0.1, 0.15) is 29.7 Å². The van der Waals surface area contributed by atoms with Gasteiger partial charge in [0, 0.05) is 56.8 Å². The highest BCUT2D eigenvalue weighted by Gasteiger charge is 2.46. The summed E-state index contributed by atoms with van der Waals surface area (Å²) in [4.78, 5) is 26.1. The van der Waals surface area contributed by atoms with Crippen molar-refractivity contribution in [3.05, 3.63) is 46.0 Å². The summed E-state index contributed by atoms with van der Waals surface area (Å²) in [7, 11) is -3.53. The second-order valence-corrected chi connectivity index (χ2v) is 12.8. The fourth-order valence-electron chi connectivity index (χ4n) is 5.30. The zero-order valence-electron chi connectivity index (χ0n) is 21.5. The molecule has 2 aliphatic heterocycles. The Bertz CT molecular complexity index is 1490. The lowest BCUT2D eigenvalue weighted by atomic mass is 9.95. The average Bonchev–Trinajstić information content (AvgIpc) is 3.61. The van der Waals surface area contributed by atoms with Gasteiger partial charge < -0.3 is 16.0 Å². The molecule has 1 aliphatic carbocycles. The molecule has 1 amide bonds. The van der Waals surface area contributed by atoms with Gasteiger partial charge >= 0.3 is 5.69 Å². The van der Waals surface area contributed by atoms with E-state index >= 15 is 0 Å². The van der Waals surface area contributed by atoms with Gasteiger partial charge in [-0.25, -0.2) is 21.8 Å². The van der Waals surface area contributed by atoms with E-state index in [1.165, 1.54) is 35.2 Å². The number of amides is 1. The van der Waals surface area contributed by atoms with Crippen LogP contribution >= 0.6 is 0 Å². The van der Waals surface area contributed by atoms with E-state index in [1.54, 1.807) is 0 Å². The van der Waals surface area contributed by atoms with Crippen molar-refractivity contribution in [2.45, 2.75) is 49.3 Å². The molecule has 0 atom stereocenters. The van der Waals surface area contributed by atoms with Crippen LogP contribution < -0.4 is 16.0 Å². The maximum Gasteiger partial charge on any atom is 0.315 e. The molecule has 2 heterocycles. The van der Waals surface area contributed by atoms with Crippen molar-refractivity contribution in [1.82, 2.24) is 0 Å². The minimum absolute atomic E-state index is 0.0533. The molecule has 2 aromatic rings. The van der Waals surface area contributed by atoms with E-state index in [2.05, 4.69) is 5.32 Å². The van der Waals surface area contributed by atoms with Gasteiger partial charge in [0.25, 0.3) is 11.8 Å². The normalized spacial score (nSPS) is 19.9. The standard InChI is InChI=1S/C26H29F2N5O5S/c1-39(37,38)18-2-3-19(21(16-18)31-10-6-25(4-5-25)7-11-31)24(34)30-17-14-20(29)23(33(35)36)22(15-17)32-12-8-26(27,28)9-13-32/h2-3,10,14-16H,4-9,11-13,29H2,1H3/p+1. The molecule has 10 nitrogen and oxygen atoms in total. The van der Waals surface area contributed by atoms with Crippen LogP contribution in [-0.4, -0.2) is 61.9 Å².